The summed E-state index contributed by atoms with van der Waals surface area (Å²) in [6.07, 6.45) is 5.07. The molecular weight excluding hydrogens is 222 g/mol. The molecule has 0 aliphatic rings. The SMILES string of the molecule is CCn1cc(C(Cc2ccc(C)cc2)NC)cn1. The minimum absolute atomic E-state index is 0.327. The zero-order valence-electron chi connectivity index (χ0n) is 11.4. The molecule has 3 nitrogen and oxygen atoms in total. The van der Waals surface area contributed by atoms with Crippen molar-refractivity contribution in [3.63, 3.8) is 0 Å². The summed E-state index contributed by atoms with van der Waals surface area (Å²) in [7, 11) is 2.00. The van der Waals surface area contributed by atoms with Gasteiger partial charge in [0.1, 0.15) is 0 Å². The van der Waals surface area contributed by atoms with Crippen LogP contribution in [0.15, 0.2) is 36.7 Å². The third kappa shape index (κ3) is 2.99. The van der Waals surface area contributed by atoms with E-state index in [1.54, 1.807) is 0 Å². The van der Waals surface area contributed by atoms with E-state index < -0.39 is 0 Å². The Bertz CT molecular complexity index is 485. The molecule has 1 aromatic heterocycles. The Morgan fingerprint density at radius 2 is 2.00 bits per heavy atom. The van der Waals surface area contributed by atoms with Crippen molar-refractivity contribution >= 4 is 0 Å². The van der Waals surface area contributed by atoms with Gasteiger partial charge in [-0.3, -0.25) is 4.68 Å². The number of likely N-dealkylation sites (N-methyl/N-ethyl adjacent to an activating group) is 1. The molecule has 1 heterocycles. The van der Waals surface area contributed by atoms with Crippen molar-refractivity contribution in [1.82, 2.24) is 15.1 Å². The lowest BCUT2D eigenvalue weighted by Crippen LogP contribution is -2.18. The van der Waals surface area contributed by atoms with Crippen LogP contribution >= 0.6 is 0 Å². The summed E-state index contributed by atoms with van der Waals surface area (Å²) < 4.78 is 1.97. The Morgan fingerprint density at radius 1 is 1.28 bits per heavy atom. The first-order valence-electron chi connectivity index (χ1n) is 6.48. The van der Waals surface area contributed by atoms with E-state index in [0.717, 1.165) is 13.0 Å². The Balaban J connectivity index is 2.11. The highest BCUT2D eigenvalue weighted by Crippen LogP contribution is 2.18. The molecular formula is C15H21N3. The fourth-order valence-electron chi connectivity index (χ4n) is 2.08. The van der Waals surface area contributed by atoms with E-state index >= 15 is 0 Å². The number of rotatable bonds is 5. The van der Waals surface area contributed by atoms with E-state index in [9.17, 15) is 0 Å². The van der Waals surface area contributed by atoms with Gasteiger partial charge in [0.2, 0.25) is 0 Å². The molecule has 0 spiro atoms. The lowest BCUT2D eigenvalue weighted by molar-refractivity contribution is 0.589. The van der Waals surface area contributed by atoms with Gasteiger partial charge in [-0.05, 0) is 32.9 Å². The summed E-state index contributed by atoms with van der Waals surface area (Å²) in [6.45, 7) is 5.14. The van der Waals surface area contributed by atoms with Gasteiger partial charge in [0.15, 0.2) is 0 Å². The van der Waals surface area contributed by atoms with Crippen molar-refractivity contribution in [2.24, 2.45) is 0 Å². The van der Waals surface area contributed by atoms with Gasteiger partial charge in [0.05, 0.1) is 6.20 Å². The molecule has 2 aromatic rings. The van der Waals surface area contributed by atoms with Crippen molar-refractivity contribution < 1.29 is 0 Å². The molecule has 0 saturated carbocycles. The first kappa shape index (κ1) is 12.8. The summed E-state index contributed by atoms with van der Waals surface area (Å²) in [6, 6.07) is 9.05. The lowest BCUT2D eigenvalue weighted by atomic mass is 10.0. The molecule has 0 radical (unpaired) electrons. The highest BCUT2D eigenvalue weighted by molar-refractivity contribution is 5.24. The monoisotopic (exact) mass is 243 g/mol. The van der Waals surface area contributed by atoms with Crippen molar-refractivity contribution in [1.29, 1.82) is 0 Å². The van der Waals surface area contributed by atoms with E-state index in [2.05, 4.69) is 54.7 Å². The molecule has 0 fully saturated rings. The third-order valence-corrected chi connectivity index (χ3v) is 3.29. The van der Waals surface area contributed by atoms with Crippen molar-refractivity contribution in [2.75, 3.05) is 7.05 Å². The molecule has 96 valence electrons. The highest BCUT2D eigenvalue weighted by Gasteiger charge is 2.11. The number of hydrogen-bond acceptors (Lipinski definition) is 2. The minimum Gasteiger partial charge on any atom is -0.313 e. The van der Waals surface area contributed by atoms with Crippen LogP contribution in [0.3, 0.4) is 0 Å². The van der Waals surface area contributed by atoms with Crippen LogP contribution < -0.4 is 5.32 Å². The van der Waals surface area contributed by atoms with Crippen molar-refractivity contribution in [3.8, 4) is 0 Å². The van der Waals surface area contributed by atoms with E-state index in [4.69, 9.17) is 0 Å². The molecule has 1 N–H and O–H groups in total. The molecule has 3 heteroatoms. The average molecular weight is 243 g/mol. The maximum atomic E-state index is 4.34. The fraction of sp³-hybridized carbons (Fsp3) is 0.400. The van der Waals surface area contributed by atoms with E-state index in [1.807, 2.05) is 17.9 Å². The summed E-state index contributed by atoms with van der Waals surface area (Å²) in [4.78, 5) is 0. The third-order valence-electron chi connectivity index (χ3n) is 3.29. The molecule has 1 unspecified atom stereocenters. The summed E-state index contributed by atoms with van der Waals surface area (Å²) in [5.74, 6) is 0. The Hall–Kier alpha value is -1.61. The van der Waals surface area contributed by atoms with Gasteiger partial charge in [-0.1, -0.05) is 29.8 Å². The Morgan fingerprint density at radius 3 is 2.56 bits per heavy atom. The molecule has 0 saturated heterocycles. The first-order chi connectivity index (χ1) is 8.72. The van der Waals surface area contributed by atoms with E-state index in [1.165, 1.54) is 16.7 Å². The second-order valence-corrected chi connectivity index (χ2v) is 4.66. The van der Waals surface area contributed by atoms with Gasteiger partial charge in [-0.2, -0.15) is 5.10 Å². The van der Waals surface area contributed by atoms with Crippen molar-refractivity contribution in [2.45, 2.75) is 32.9 Å². The summed E-state index contributed by atoms with van der Waals surface area (Å²) in [5, 5.41) is 7.70. The predicted molar refractivity (Wildman–Crippen MR) is 74.6 cm³/mol. The molecule has 2 rings (SSSR count). The average Bonchev–Trinajstić information content (AvgIpc) is 2.87. The van der Waals surface area contributed by atoms with Crippen LogP contribution in [-0.2, 0) is 13.0 Å². The van der Waals surface area contributed by atoms with Crippen LogP contribution in [0, 0.1) is 6.92 Å². The van der Waals surface area contributed by atoms with Crippen LogP contribution in [0.4, 0.5) is 0 Å². The summed E-state index contributed by atoms with van der Waals surface area (Å²) >= 11 is 0. The number of nitrogens with zero attached hydrogens (tertiary/aromatic N) is 2. The Labute approximate surface area is 109 Å². The smallest absolute Gasteiger partial charge is 0.0537 e. The molecule has 1 aromatic carbocycles. The largest absolute Gasteiger partial charge is 0.313 e. The van der Waals surface area contributed by atoms with Crippen molar-refractivity contribution in [3.05, 3.63) is 53.3 Å². The van der Waals surface area contributed by atoms with Gasteiger partial charge >= 0.3 is 0 Å². The van der Waals surface area contributed by atoms with E-state index in [-0.39, 0.29) is 0 Å². The topological polar surface area (TPSA) is 29.9 Å². The molecule has 0 bridgehead atoms. The normalized spacial score (nSPS) is 12.6. The van der Waals surface area contributed by atoms with Gasteiger partial charge in [-0.25, -0.2) is 0 Å². The fourth-order valence-corrected chi connectivity index (χ4v) is 2.08. The number of aryl methyl sites for hydroxylation is 2. The second kappa shape index (κ2) is 5.83. The molecule has 0 aliphatic carbocycles. The number of hydrogen-bond donors (Lipinski definition) is 1. The molecule has 0 aliphatic heterocycles. The minimum atomic E-state index is 0.327. The van der Waals surface area contributed by atoms with Gasteiger partial charge in [-0.15, -0.1) is 0 Å². The van der Waals surface area contributed by atoms with Gasteiger partial charge in [0, 0.05) is 24.3 Å². The standard InChI is InChI=1S/C15H21N3/c1-4-18-11-14(10-17-18)15(16-3)9-13-7-5-12(2)6-8-13/h5-8,10-11,15-16H,4,9H2,1-3H3. The maximum Gasteiger partial charge on any atom is 0.0537 e. The lowest BCUT2D eigenvalue weighted by Gasteiger charge is -2.14. The number of aromatic nitrogens is 2. The predicted octanol–water partition coefficient (Wildman–Crippen LogP) is 2.71. The number of nitrogens with one attached hydrogen (secondary N) is 1. The highest BCUT2D eigenvalue weighted by atomic mass is 15.3. The van der Waals surface area contributed by atoms with E-state index in [0.29, 0.717) is 6.04 Å². The zero-order chi connectivity index (χ0) is 13.0. The molecule has 1 atom stereocenters. The maximum absolute atomic E-state index is 4.34. The van der Waals surface area contributed by atoms with Gasteiger partial charge < -0.3 is 5.32 Å². The molecule has 18 heavy (non-hydrogen) atoms. The van der Waals surface area contributed by atoms with Crippen LogP contribution in [0.5, 0.6) is 0 Å². The quantitative estimate of drug-likeness (QED) is 0.875. The summed E-state index contributed by atoms with van der Waals surface area (Å²) in [5.41, 5.74) is 3.91. The first-order valence-corrected chi connectivity index (χ1v) is 6.48. The van der Waals surface area contributed by atoms with Crippen LogP contribution in [-0.4, -0.2) is 16.8 Å². The molecule has 0 amide bonds. The van der Waals surface area contributed by atoms with Crippen LogP contribution in [0.2, 0.25) is 0 Å². The van der Waals surface area contributed by atoms with Crippen LogP contribution in [0.25, 0.3) is 0 Å². The van der Waals surface area contributed by atoms with Gasteiger partial charge in [0.25, 0.3) is 0 Å². The zero-order valence-corrected chi connectivity index (χ0v) is 11.4. The second-order valence-electron chi connectivity index (χ2n) is 4.66. The number of benzene rings is 1. The van der Waals surface area contributed by atoms with Crippen LogP contribution in [0.1, 0.15) is 29.7 Å². The Kier molecular flexibility index (Phi) is 4.15.